The zero-order chi connectivity index (χ0) is 28.0. The second-order valence-corrected chi connectivity index (χ2v) is 9.48. The SMILES string of the molecule is O=C1C(Cl)=C(N/N=c2\[nH][nH]/c(=N/NC3=C(Cl)C(=O)c4ccccc4C3=O)c3ccccc23)C(=O)c2ccccc21. The van der Waals surface area contributed by atoms with Crippen LogP contribution in [0.1, 0.15) is 41.4 Å². The number of ketones is 4. The Labute approximate surface area is 234 Å². The highest BCUT2D eigenvalue weighted by atomic mass is 35.5. The van der Waals surface area contributed by atoms with Crippen molar-refractivity contribution in [3.05, 3.63) is 127 Å². The van der Waals surface area contributed by atoms with Crippen LogP contribution < -0.4 is 21.8 Å². The van der Waals surface area contributed by atoms with Crippen molar-refractivity contribution in [1.82, 2.24) is 21.0 Å². The van der Waals surface area contributed by atoms with Crippen LogP contribution in [0.5, 0.6) is 0 Å². The fraction of sp³-hybridized carbons (Fsp3) is 0. The van der Waals surface area contributed by atoms with Crippen LogP contribution in [0.15, 0.2) is 104 Å². The molecule has 10 nitrogen and oxygen atoms in total. The van der Waals surface area contributed by atoms with E-state index in [1.54, 1.807) is 60.7 Å². The number of fused-ring (bicyclic) bond motifs is 3. The second-order valence-electron chi connectivity index (χ2n) is 8.73. The molecule has 4 N–H and O–H groups in total. The summed E-state index contributed by atoms with van der Waals surface area (Å²) >= 11 is 12.4. The van der Waals surface area contributed by atoms with E-state index >= 15 is 0 Å². The minimum Gasteiger partial charge on any atom is -0.287 e. The minimum absolute atomic E-state index is 0.152. The second kappa shape index (κ2) is 9.92. The van der Waals surface area contributed by atoms with E-state index in [4.69, 9.17) is 23.2 Å². The van der Waals surface area contributed by atoms with Crippen LogP contribution >= 0.6 is 23.2 Å². The van der Waals surface area contributed by atoms with Gasteiger partial charge in [0.05, 0.1) is 0 Å². The van der Waals surface area contributed by atoms with Crippen molar-refractivity contribution in [2.45, 2.75) is 0 Å². The van der Waals surface area contributed by atoms with Gasteiger partial charge in [0.1, 0.15) is 21.5 Å². The Morgan fingerprint density at radius 3 is 1.20 bits per heavy atom. The molecule has 0 aliphatic heterocycles. The molecule has 0 fully saturated rings. The first-order valence-electron chi connectivity index (χ1n) is 11.8. The molecule has 0 radical (unpaired) electrons. The molecule has 6 rings (SSSR count). The number of aromatic nitrogens is 2. The number of allylic oxidation sites excluding steroid dienone is 4. The van der Waals surface area contributed by atoms with Gasteiger partial charge in [0.15, 0.2) is 11.0 Å². The van der Waals surface area contributed by atoms with E-state index in [0.29, 0.717) is 10.8 Å². The summed E-state index contributed by atoms with van der Waals surface area (Å²) in [5.74, 6) is -1.90. The molecule has 0 saturated carbocycles. The highest BCUT2D eigenvalue weighted by Crippen LogP contribution is 2.28. The number of H-pyrrole nitrogens is 2. The predicted octanol–water partition coefficient (Wildman–Crippen LogP) is 3.37. The Balaban J connectivity index is 1.37. The highest BCUT2D eigenvalue weighted by Gasteiger charge is 2.32. The van der Waals surface area contributed by atoms with Gasteiger partial charge in [-0.3, -0.25) is 40.2 Å². The number of nitrogens with zero attached hydrogens (tertiary/aromatic N) is 2. The number of carbonyl (C=O) groups is 4. The Hall–Kier alpha value is -5.06. The lowest BCUT2D eigenvalue weighted by Gasteiger charge is -2.17. The van der Waals surface area contributed by atoms with E-state index in [2.05, 4.69) is 31.3 Å². The van der Waals surface area contributed by atoms with E-state index in [1.807, 2.05) is 0 Å². The number of hydrogen-bond donors (Lipinski definition) is 4. The molecule has 12 heteroatoms. The van der Waals surface area contributed by atoms with E-state index in [-0.39, 0.29) is 54.7 Å². The fourth-order valence-electron chi connectivity index (χ4n) is 4.44. The number of carbonyl (C=O) groups excluding carboxylic acids is 4. The molecule has 0 unspecified atom stereocenters. The van der Waals surface area contributed by atoms with Crippen LogP contribution in [0.3, 0.4) is 0 Å². The van der Waals surface area contributed by atoms with Crippen LogP contribution in [0.2, 0.25) is 0 Å². The molecule has 3 aromatic carbocycles. The Morgan fingerprint density at radius 2 is 0.825 bits per heavy atom. The number of benzene rings is 3. The number of hydrogen-bond acceptors (Lipinski definition) is 8. The summed E-state index contributed by atoms with van der Waals surface area (Å²) in [5, 5.41) is 14.9. The average Bonchev–Trinajstić information content (AvgIpc) is 2.99. The zero-order valence-electron chi connectivity index (χ0n) is 20.2. The Bertz CT molecular complexity index is 1870. The standard InChI is InChI=1S/C28H16Cl2N6O4/c29-19-21(25(39)15-9-3-1-7-13(15)23(19)37)31-33-27-17-11-5-6-12-18(17)28(36-35-27)34-32-22-20(30)24(38)14-8-2-4-10-16(14)26(22)40/h1-12,31-32H,(H,33,35)(H,34,36). The largest absolute Gasteiger partial charge is 0.287 e. The number of Topliss-reactive ketones (excluding diaryl/α,β-unsaturated/α-hetero) is 4. The van der Waals surface area contributed by atoms with Crippen molar-refractivity contribution in [2.24, 2.45) is 10.2 Å². The van der Waals surface area contributed by atoms with Crippen molar-refractivity contribution >= 4 is 57.1 Å². The lowest BCUT2D eigenvalue weighted by molar-refractivity contribution is 0.0974. The van der Waals surface area contributed by atoms with Gasteiger partial charge in [-0.2, -0.15) is 10.2 Å². The van der Waals surface area contributed by atoms with E-state index in [1.165, 1.54) is 12.1 Å². The van der Waals surface area contributed by atoms with Crippen LogP contribution in [0.4, 0.5) is 0 Å². The zero-order valence-corrected chi connectivity index (χ0v) is 21.7. The van der Waals surface area contributed by atoms with Crippen molar-refractivity contribution in [3.8, 4) is 0 Å². The molecule has 1 heterocycles. The van der Waals surface area contributed by atoms with Crippen LogP contribution in [-0.2, 0) is 0 Å². The quantitative estimate of drug-likeness (QED) is 0.276. The van der Waals surface area contributed by atoms with Gasteiger partial charge in [0.2, 0.25) is 23.1 Å². The van der Waals surface area contributed by atoms with Crippen molar-refractivity contribution in [3.63, 3.8) is 0 Å². The monoisotopic (exact) mass is 570 g/mol. The Kier molecular flexibility index (Phi) is 6.25. The van der Waals surface area contributed by atoms with Crippen LogP contribution in [0.25, 0.3) is 10.8 Å². The van der Waals surface area contributed by atoms with Gasteiger partial charge in [-0.25, -0.2) is 0 Å². The van der Waals surface area contributed by atoms with Gasteiger partial charge < -0.3 is 0 Å². The number of nitrogens with one attached hydrogen (secondary N) is 4. The molecule has 2 aliphatic carbocycles. The van der Waals surface area contributed by atoms with E-state index in [9.17, 15) is 19.2 Å². The van der Waals surface area contributed by atoms with Crippen LogP contribution in [0, 0.1) is 0 Å². The number of aromatic amines is 2. The summed E-state index contributed by atoms with van der Waals surface area (Å²) in [6.45, 7) is 0. The molecule has 0 bridgehead atoms. The van der Waals surface area contributed by atoms with Gasteiger partial charge >= 0.3 is 0 Å². The van der Waals surface area contributed by atoms with Gasteiger partial charge in [0.25, 0.3) is 0 Å². The van der Waals surface area contributed by atoms with Crippen LogP contribution in [-0.4, -0.2) is 33.3 Å². The summed E-state index contributed by atoms with van der Waals surface area (Å²) in [4.78, 5) is 51.3. The first kappa shape index (κ1) is 25.2. The van der Waals surface area contributed by atoms with Gasteiger partial charge in [-0.15, -0.1) is 0 Å². The molecule has 4 aromatic rings. The summed E-state index contributed by atoms with van der Waals surface area (Å²) in [7, 11) is 0. The smallest absolute Gasteiger partial charge is 0.213 e. The van der Waals surface area contributed by atoms with Gasteiger partial charge in [-0.1, -0.05) is 96.0 Å². The summed E-state index contributed by atoms with van der Waals surface area (Å²) in [6, 6.07) is 19.8. The number of halogens is 2. The summed E-state index contributed by atoms with van der Waals surface area (Å²) < 4.78 is 0. The third kappa shape index (κ3) is 4.06. The van der Waals surface area contributed by atoms with E-state index < -0.39 is 23.1 Å². The molecule has 196 valence electrons. The lowest BCUT2D eigenvalue weighted by Crippen LogP contribution is -2.31. The average molecular weight is 571 g/mol. The molecule has 1 aromatic heterocycles. The van der Waals surface area contributed by atoms with Crippen molar-refractivity contribution in [1.29, 1.82) is 0 Å². The molecule has 40 heavy (non-hydrogen) atoms. The highest BCUT2D eigenvalue weighted by molar-refractivity contribution is 6.50. The Morgan fingerprint density at radius 1 is 0.500 bits per heavy atom. The minimum atomic E-state index is -0.485. The topological polar surface area (TPSA) is 149 Å². The fourth-order valence-corrected chi connectivity index (χ4v) is 4.90. The predicted molar refractivity (Wildman–Crippen MR) is 146 cm³/mol. The third-order valence-electron chi connectivity index (χ3n) is 6.42. The third-order valence-corrected chi connectivity index (χ3v) is 7.14. The first-order chi connectivity index (χ1) is 19.4. The molecule has 0 spiro atoms. The molecule has 0 atom stereocenters. The van der Waals surface area contributed by atoms with E-state index in [0.717, 1.165) is 0 Å². The van der Waals surface area contributed by atoms with Crippen molar-refractivity contribution in [2.75, 3.05) is 0 Å². The van der Waals surface area contributed by atoms with Gasteiger partial charge in [-0.05, 0) is 0 Å². The number of rotatable bonds is 4. The summed E-state index contributed by atoms with van der Waals surface area (Å²) in [5.41, 5.74) is 6.38. The maximum absolute atomic E-state index is 13.0. The summed E-state index contributed by atoms with van der Waals surface area (Å²) in [6.07, 6.45) is 0. The molecule has 2 aliphatic rings. The molecular weight excluding hydrogens is 555 g/mol. The lowest BCUT2D eigenvalue weighted by atomic mass is 9.93. The molecule has 0 saturated heterocycles. The molecular formula is C28H16Cl2N6O4. The normalized spacial score (nSPS) is 16.1. The molecule has 0 amide bonds. The van der Waals surface area contributed by atoms with Crippen molar-refractivity contribution < 1.29 is 19.2 Å². The maximum Gasteiger partial charge on any atom is 0.213 e. The first-order valence-corrected chi connectivity index (χ1v) is 12.6. The maximum atomic E-state index is 13.0. The van der Waals surface area contributed by atoms with Gasteiger partial charge in [0, 0.05) is 33.0 Å².